The summed E-state index contributed by atoms with van der Waals surface area (Å²) in [5, 5.41) is 0.501. The van der Waals surface area contributed by atoms with Gasteiger partial charge in [0.05, 0.1) is 12.6 Å². The Morgan fingerprint density at radius 3 is 3.00 bits per heavy atom. The third kappa shape index (κ3) is 2.41. The highest BCUT2D eigenvalue weighted by Gasteiger charge is 2.17. The highest BCUT2D eigenvalue weighted by Crippen LogP contribution is 2.15. The molecule has 0 saturated carbocycles. The molecule has 1 aliphatic heterocycles. The molecule has 0 bridgehead atoms. The quantitative estimate of drug-likeness (QED) is 0.774. The van der Waals surface area contributed by atoms with Crippen molar-refractivity contribution in [3.8, 4) is 0 Å². The van der Waals surface area contributed by atoms with Crippen LogP contribution >= 0.6 is 11.6 Å². The second kappa shape index (κ2) is 4.37. The van der Waals surface area contributed by atoms with Crippen molar-refractivity contribution in [2.24, 2.45) is 0 Å². The molecular formula is C11H14ClNO2. The van der Waals surface area contributed by atoms with Gasteiger partial charge in [0.2, 0.25) is 0 Å². The van der Waals surface area contributed by atoms with Gasteiger partial charge in [-0.05, 0) is 25.8 Å². The molecule has 1 saturated heterocycles. The van der Waals surface area contributed by atoms with Crippen molar-refractivity contribution in [3.05, 3.63) is 33.2 Å². The summed E-state index contributed by atoms with van der Waals surface area (Å²) in [6.07, 6.45) is 2.31. The number of halogens is 1. The lowest BCUT2D eigenvalue weighted by molar-refractivity contribution is 0.0956. The Labute approximate surface area is 93.6 Å². The average Bonchev–Trinajstić information content (AvgIpc) is 2.63. The van der Waals surface area contributed by atoms with E-state index in [1.54, 1.807) is 10.6 Å². The van der Waals surface area contributed by atoms with E-state index in [9.17, 15) is 4.79 Å². The molecule has 0 aliphatic carbocycles. The van der Waals surface area contributed by atoms with Gasteiger partial charge < -0.3 is 9.30 Å². The summed E-state index contributed by atoms with van der Waals surface area (Å²) in [6, 6.07) is 3.25. The van der Waals surface area contributed by atoms with Gasteiger partial charge in [-0.15, -0.1) is 0 Å². The molecule has 2 rings (SSSR count). The Bertz CT molecular complexity index is 408. The van der Waals surface area contributed by atoms with Crippen LogP contribution in [0.3, 0.4) is 0 Å². The molecular weight excluding hydrogens is 214 g/mol. The number of hydrogen-bond acceptors (Lipinski definition) is 2. The van der Waals surface area contributed by atoms with E-state index in [4.69, 9.17) is 16.3 Å². The monoisotopic (exact) mass is 227 g/mol. The number of ether oxygens (including phenoxy) is 1. The van der Waals surface area contributed by atoms with Crippen LogP contribution in [0.25, 0.3) is 0 Å². The van der Waals surface area contributed by atoms with E-state index in [-0.39, 0.29) is 11.7 Å². The molecule has 15 heavy (non-hydrogen) atoms. The predicted octanol–water partition coefficient (Wildman–Crippen LogP) is 1.99. The van der Waals surface area contributed by atoms with Gasteiger partial charge in [-0.3, -0.25) is 4.79 Å². The maximum atomic E-state index is 11.7. The van der Waals surface area contributed by atoms with Crippen molar-refractivity contribution in [2.75, 3.05) is 6.61 Å². The van der Waals surface area contributed by atoms with Crippen LogP contribution in [-0.2, 0) is 11.3 Å². The summed E-state index contributed by atoms with van der Waals surface area (Å²) in [4.78, 5) is 11.7. The van der Waals surface area contributed by atoms with Crippen LogP contribution in [0.5, 0.6) is 0 Å². The molecule has 0 aromatic carbocycles. The third-order valence-corrected chi connectivity index (χ3v) is 2.93. The average molecular weight is 228 g/mol. The molecule has 1 aliphatic rings. The lowest BCUT2D eigenvalue weighted by atomic mass is 10.2. The van der Waals surface area contributed by atoms with Crippen molar-refractivity contribution in [1.29, 1.82) is 0 Å². The van der Waals surface area contributed by atoms with E-state index in [1.807, 2.05) is 6.92 Å². The lowest BCUT2D eigenvalue weighted by Gasteiger charge is -2.14. The summed E-state index contributed by atoms with van der Waals surface area (Å²) in [5.41, 5.74) is 0.846. The molecule has 0 radical (unpaired) electrons. The van der Waals surface area contributed by atoms with Gasteiger partial charge in [0.15, 0.2) is 0 Å². The van der Waals surface area contributed by atoms with Crippen molar-refractivity contribution in [2.45, 2.75) is 32.4 Å². The van der Waals surface area contributed by atoms with Gasteiger partial charge in [0.25, 0.3) is 5.56 Å². The number of nitrogens with zero attached hydrogens (tertiary/aromatic N) is 1. The number of aryl methyl sites for hydroxylation is 1. The largest absolute Gasteiger partial charge is 0.376 e. The summed E-state index contributed by atoms with van der Waals surface area (Å²) in [7, 11) is 0. The molecule has 0 amide bonds. The van der Waals surface area contributed by atoms with Crippen LogP contribution in [0.2, 0.25) is 5.02 Å². The van der Waals surface area contributed by atoms with Crippen LogP contribution in [0, 0.1) is 6.92 Å². The Balaban J connectivity index is 2.23. The van der Waals surface area contributed by atoms with Crippen LogP contribution in [0.4, 0.5) is 0 Å². The van der Waals surface area contributed by atoms with Crippen molar-refractivity contribution >= 4 is 11.6 Å². The minimum Gasteiger partial charge on any atom is -0.376 e. The molecule has 0 unspecified atom stereocenters. The highest BCUT2D eigenvalue weighted by atomic mass is 35.5. The first-order valence-electron chi connectivity index (χ1n) is 5.15. The smallest absolute Gasteiger partial charge is 0.252 e. The maximum absolute atomic E-state index is 11.7. The first-order valence-corrected chi connectivity index (χ1v) is 5.53. The van der Waals surface area contributed by atoms with E-state index in [0.717, 1.165) is 25.1 Å². The molecule has 3 nitrogen and oxygen atoms in total. The molecule has 4 heteroatoms. The highest BCUT2D eigenvalue weighted by molar-refractivity contribution is 6.30. The summed E-state index contributed by atoms with van der Waals surface area (Å²) < 4.78 is 7.23. The summed E-state index contributed by atoms with van der Waals surface area (Å²) in [5.74, 6) is 0. The zero-order valence-corrected chi connectivity index (χ0v) is 9.46. The Hall–Kier alpha value is -0.800. The van der Waals surface area contributed by atoms with Gasteiger partial charge in [-0.2, -0.15) is 0 Å². The molecule has 1 aromatic heterocycles. The normalized spacial score (nSPS) is 20.8. The fraction of sp³-hybridized carbons (Fsp3) is 0.545. The molecule has 1 aromatic rings. The molecule has 0 spiro atoms. The second-order valence-electron chi connectivity index (χ2n) is 3.90. The molecule has 0 N–H and O–H groups in total. The molecule has 2 heterocycles. The fourth-order valence-corrected chi connectivity index (χ4v) is 2.17. The van der Waals surface area contributed by atoms with Crippen LogP contribution in [0.1, 0.15) is 18.5 Å². The van der Waals surface area contributed by atoms with Gasteiger partial charge in [-0.1, -0.05) is 11.6 Å². The molecule has 1 atom stereocenters. The second-order valence-corrected chi connectivity index (χ2v) is 4.34. The maximum Gasteiger partial charge on any atom is 0.252 e. The van der Waals surface area contributed by atoms with Gasteiger partial charge in [0.1, 0.15) is 0 Å². The third-order valence-electron chi connectivity index (χ3n) is 2.71. The van der Waals surface area contributed by atoms with E-state index in [1.165, 1.54) is 6.07 Å². The first-order chi connectivity index (χ1) is 7.16. The Morgan fingerprint density at radius 2 is 2.40 bits per heavy atom. The zero-order chi connectivity index (χ0) is 10.8. The Morgan fingerprint density at radius 1 is 1.60 bits per heavy atom. The van der Waals surface area contributed by atoms with Crippen molar-refractivity contribution in [3.63, 3.8) is 0 Å². The molecule has 82 valence electrons. The van der Waals surface area contributed by atoms with Crippen LogP contribution in [0.15, 0.2) is 16.9 Å². The number of rotatable bonds is 2. The number of pyridine rings is 1. The van der Waals surface area contributed by atoms with Crippen LogP contribution < -0.4 is 5.56 Å². The first kappa shape index (κ1) is 10.7. The standard InChI is InChI=1S/C11H14ClNO2/c1-8-5-9(12)6-11(14)13(8)7-10-3-2-4-15-10/h5-6,10H,2-4,7H2,1H3/t10-/m1/s1. The van der Waals surface area contributed by atoms with E-state index >= 15 is 0 Å². The predicted molar refractivity (Wildman–Crippen MR) is 59.4 cm³/mol. The lowest BCUT2D eigenvalue weighted by Crippen LogP contribution is -2.27. The summed E-state index contributed by atoms with van der Waals surface area (Å²) in [6.45, 7) is 3.34. The Kier molecular flexibility index (Phi) is 3.12. The SMILES string of the molecule is Cc1cc(Cl)cc(=O)n1C[C@H]1CCCO1. The minimum atomic E-state index is -0.0458. The topological polar surface area (TPSA) is 31.2 Å². The number of hydrogen-bond donors (Lipinski definition) is 0. The number of aromatic nitrogens is 1. The van der Waals surface area contributed by atoms with E-state index < -0.39 is 0 Å². The van der Waals surface area contributed by atoms with E-state index in [0.29, 0.717) is 11.6 Å². The van der Waals surface area contributed by atoms with Gasteiger partial charge in [-0.25, -0.2) is 0 Å². The van der Waals surface area contributed by atoms with Crippen molar-refractivity contribution in [1.82, 2.24) is 4.57 Å². The van der Waals surface area contributed by atoms with Gasteiger partial charge in [0, 0.05) is 23.4 Å². The molecule has 1 fully saturated rings. The minimum absolute atomic E-state index is 0.0458. The van der Waals surface area contributed by atoms with E-state index in [2.05, 4.69) is 0 Å². The fourth-order valence-electron chi connectivity index (χ4n) is 1.91. The summed E-state index contributed by atoms with van der Waals surface area (Å²) >= 11 is 5.79. The van der Waals surface area contributed by atoms with Crippen molar-refractivity contribution < 1.29 is 4.74 Å². The van der Waals surface area contributed by atoms with Crippen LogP contribution in [-0.4, -0.2) is 17.3 Å². The van der Waals surface area contributed by atoms with Gasteiger partial charge >= 0.3 is 0 Å². The zero-order valence-electron chi connectivity index (χ0n) is 8.70.